The molecule has 15 heavy (non-hydrogen) atoms. The van der Waals surface area contributed by atoms with Crippen molar-refractivity contribution in [3.05, 3.63) is 33.3 Å². The van der Waals surface area contributed by atoms with Crippen molar-refractivity contribution >= 4 is 15.9 Å². The lowest BCUT2D eigenvalue weighted by molar-refractivity contribution is 0.610. The zero-order valence-corrected chi connectivity index (χ0v) is 11.0. The fourth-order valence-electron chi connectivity index (χ4n) is 1.69. The lowest BCUT2D eigenvalue weighted by Crippen LogP contribution is -2.16. The number of hydrogen-bond donors (Lipinski definition) is 1. The average Bonchev–Trinajstić information content (AvgIpc) is 2.22. The molecule has 0 spiro atoms. The van der Waals surface area contributed by atoms with Crippen LogP contribution in [0.1, 0.15) is 29.2 Å². The zero-order valence-electron chi connectivity index (χ0n) is 9.39. The van der Waals surface area contributed by atoms with Gasteiger partial charge >= 0.3 is 0 Å². The largest absolute Gasteiger partial charge is 0.312 e. The minimum Gasteiger partial charge on any atom is -0.312 e. The number of rotatable bonds is 3. The molecule has 0 bridgehead atoms. The lowest BCUT2D eigenvalue weighted by atomic mass is 9.99. The molecule has 1 N–H and O–H groups in total. The van der Waals surface area contributed by atoms with Gasteiger partial charge in [-0.15, -0.1) is 12.3 Å². The molecule has 0 aromatic heterocycles. The Labute approximate surface area is 100 Å². The number of hydrogen-bond acceptors (Lipinski definition) is 1. The van der Waals surface area contributed by atoms with E-state index in [1.54, 1.807) is 0 Å². The number of halogens is 1. The van der Waals surface area contributed by atoms with Gasteiger partial charge in [-0.1, -0.05) is 28.1 Å². The molecule has 2 heteroatoms. The highest BCUT2D eigenvalue weighted by Crippen LogP contribution is 2.26. The number of benzene rings is 1. The van der Waals surface area contributed by atoms with Crippen LogP contribution in [0.3, 0.4) is 0 Å². The van der Waals surface area contributed by atoms with E-state index in [1.807, 2.05) is 7.05 Å². The van der Waals surface area contributed by atoms with Crippen molar-refractivity contribution < 1.29 is 0 Å². The molecule has 1 unspecified atom stereocenters. The van der Waals surface area contributed by atoms with Gasteiger partial charge in [-0.05, 0) is 37.6 Å². The molecule has 1 aromatic carbocycles. The standard InChI is InChI=1S/C13H16BrN/c1-5-6-12(15-4)11-7-9(2)13(14)10(3)8-11/h1,7-8,12,15H,6H2,2-4H3. The highest BCUT2D eigenvalue weighted by atomic mass is 79.9. The summed E-state index contributed by atoms with van der Waals surface area (Å²) < 4.78 is 1.18. The molecule has 0 aliphatic rings. The first-order chi connectivity index (χ1) is 7.10. The Morgan fingerprint density at radius 1 is 1.40 bits per heavy atom. The van der Waals surface area contributed by atoms with Crippen molar-refractivity contribution in [2.45, 2.75) is 26.3 Å². The summed E-state index contributed by atoms with van der Waals surface area (Å²) in [5.41, 5.74) is 3.76. The van der Waals surface area contributed by atoms with Gasteiger partial charge in [0.2, 0.25) is 0 Å². The van der Waals surface area contributed by atoms with E-state index < -0.39 is 0 Å². The van der Waals surface area contributed by atoms with E-state index in [0.29, 0.717) is 0 Å². The van der Waals surface area contributed by atoms with Crippen molar-refractivity contribution in [3.8, 4) is 12.3 Å². The van der Waals surface area contributed by atoms with Gasteiger partial charge in [-0.2, -0.15) is 0 Å². The van der Waals surface area contributed by atoms with E-state index in [1.165, 1.54) is 21.2 Å². The Hall–Kier alpha value is -0.780. The van der Waals surface area contributed by atoms with Crippen LogP contribution in [-0.4, -0.2) is 7.05 Å². The fourth-order valence-corrected chi connectivity index (χ4v) is 1.91. The molecule has 1 atom stereocenters. The van der Waals surface area contributed by atoms with E-state index in [2.05, 4.69) is 53.1 Å². The summed E-state index contributed by atoms with van der Waals surface area (Å²) >= 11 is 3.56. The van der Waals surface area contributed by atoms with Crippen LogP contribution in [0.15, 0.2) is 16.6 Å². The number of terminal acetylenes is 1. The maximum absolute atomic E-state index is 5.35. The number of aryl methyl sites for hydroxylation is 2. The zero-order chi connectivity index (χ0) is 11.4. The van der Waals surface area contributed by atoms with Gasteiger partial charge in [0.25, 0.3) is 0 Å². The normalized spacial score (nSPS) is 12.2. The first-order valence-electron chi connectivity index (χ1n) is 4.97. The first-order valence-corrected chi connectivity index (χ1v) is 5.76. The van der Waals surface area contributed by atoms with Gasteiger partial charge < -0.3 is 5.32 Å². The topological polar surface area (TPSA) is 12.0 Å². The molecule has 0 amide bonds. The Kier molecular flexibility index (Phi) is 4.38. The fraction of sp³-hybridized carbons (Fsp3) is 0.385. The van der Waals surface area contributed by atoms with E-state index >= 15 is 0 Å². The summed E-state index contributed by atoms with van der Waals surface area (Å²) in [5, 5.41) is 3.24. The quantitative estimate of drug-likeness (QED) is 0.827. The van der Waals surface area contributed by atoms with Gasteiger partial charge in [-0.3, -0.25) is 0 Å². The molecular formula is C13H16BrN. The van der Waals surface area contributed by atoms with E-state index in [-0.39, 0.29) is 6.04 Å². The third-order valence-corrected chi connectivity index (χ3v) is 3.78. The summed E-state index contributed by atoms with van der Waals surface area (Å²) in [5.74, 6) is 2.70. The molecule has 0 radical (unpaired) electrons. The van der Waals surface area contributed by atoms with Gasteiger partial charge in [0.15, 0.2) is 0 Å². The van der Waals surface area contributed by atoms with E-state index in [4.69, 9.17) is 6.42 Å². The van der Waals surface area contributed by atoms with E-state index in [9.17, 15) is 0 Å². The van der Waals surface area contributed by atoms with Crippen LogP contribution in [0, 0.1) is 26.2 Å². The van der Waals surface area contributed by atoms with E-state index in [0.717, 1.165) is 6.42 Å². The highest BCUT2D eigenvalue weighted by molar-refractivity contribution is 9.10. The SMILES string of the molecule is C#CCC(NC)c1cc(C)c(Br)c(C)c1. The third-order valence-electron chi connectivity index (χ3n) is 2.53. The molecule has 80 valence electrons. The molecule has 0 aliphatic carbocycles. The smallest absolute Gasteiger partial charge is 0.0428 e. The summed E-state index contributed by atoms with van der Waals surface area (Å²) in [4.78, 5) is 0. The summed E-state index contributed by atoms with van der Waals surface area (Å²) in [6.45, 7) is 4.20. The van der Waals surface area contributed by atoms with Crippen molar-refractivity contribution in [3.63, 3.8) is 0 Å². The minimum absolute atomic E-state index is 0.250. The predicted octanol–water partition coefficient (Wildman–Crippen LogP) is 3.35. The van der Waals surface area contributed by atoms with Crippen molar-refractivity contribution in [1.29, 1.82) is 0 Å². The van der Waals surface area contributed by atoms with Crippen molar-refractivity contribution in [2.75, 3.05) is 7.05 Å². The second-order valence-corrected chi connectivity index (χ2v) is 4.51. The molecule has 0 saturated heterocycles. The maximum atomic E-state index is 5.35. The Morgan fingerprint density at radius 3 is 2.33 bits per heavy atom. The second-order valence-electron chi connectivity index (χ2n) is 3.72. The van der Waals surface area contributed by atoms with Crippen LogP contribution >= 0.6 is 15.9 Å². The van der Waals surface area contributed by atoms with Gasteiger partial charge in [-0.25, -0.2) is 0 Å². The molecule has 0 fully saturated rings. The molecule has 0 heterocycles. The summed E-state index contributed by atoms with van der Waals surface area (Å²) in [7, 11) is 1.94. The van der Waals surface area contributed by atoms with Crippen LogP contribution in [0.2, 0.25) is 0 Å². The Morgan fingerprint density at radius 2 is 1.93 bits per heavy atom. The molecule has 1 rings (SSSR count). The average molecular weight is 266 g/mol. The molecule has 1 nitrogen and oxygen atoms in total. The Balaban J connectivity index is 3.10. The third kappa shape index (κ3) is 2.84. The minimum atomic E-state index is 0.250. The summed E-state index contributed by atoms with van der Waals surface area (Å²) in [6, 6.07) is 4.60. The Bertz CT molecular complexity index is 367. The lowest BCUT2D eigenvalue weighted by Gasteiger charge is -2.16. The van der Waals surface area contributed by atoms with Crippen LogP contribution in [-0.2, 0) is 0 Å². The highest BCUT2D eigenvalue weighted by Gasteiger charge is 2.10. The van der Waals surface area contributed by atoms with Crippen LogP contribution < -0.4 is 5.32 Å². The molecule has 1 aromatic rings. The maximum Gasteiger partial charge on any atom is 0.0428 e. The van der Waals surface area contributed by atoms with Gasteiger partial charge in [0, 0.05) is 16.9 Å². The number of nitrogens with one attached hydrogen (secondary N) is 1. The van der Waals surface area contributed by atoms with Crippen LogP contribution in [0.5, 0.6) is 0 Å². The van der Waals surface area contributed by atoms with Gasteiger partial charge in [0.1, 0.15) is 0 Å². The predicted molar refractivity (Wildman–Crippen MR) is 68.9 cm³/mol. The first kappa shape index (κ1) is 12.3. The van der Waals surface area contributed by atoms with Crippen molar-refractivity contribution in [1.82, 2.24) is 5.32 Å². The second kappa shape index (κ2) is 5.34. The molecule has 0 aliphatic heterocycles. The summed E-state index contributed by atoms with van der Waals surface area (Å²) in [6.07, 6.45) is 6.07. The van der Waals surface area contributed by atoms with Gasteiger partial charge in [0.05, 0.1) is 0 Å². The van der Waals surface area contributed by atoms with Crippen LogP contribution in [0.4, 0.5) is 0 Å². The van der Waals surface area contributed by atoms with Crippen molar-refractivity contribution in [2.24, 2.45) is 0 Å². The molecule has 0 saturated carbocycles. The molecular weight excluding hydrogens is 250 g/mol. The monoisotopic (exact) mass is 265 g/mol. The van der Waals surface area contributed by atoms with Crippen LogP contribution in [0.25, 0.3) is 0 Å².